The zero-order valence-corrected chi connectivity index (χ0v) is 12.8. The number of H-pyrrole nitrogens is 1. The number of β-amino-alcohol motifs (C(OH)–C–C–N with tert-alkyl or cyclic N) is 1. The predicted molar refractivity (Wildman–Crippen MR) is 82.6 cm³/mol. The summed E-state index contributed by atoms with van der Waals surface area (Å²) >= 11 is 0. The number of nitrogens with one attached hydrogen (secondary N) is 1. The second-order valence-corrected chi connectivity index (χ2v) is 5.75. The molecule has 1 aromatic heterocycles. The van der Waals surface area contributed by atoms with Crippen LogP contribution in [0.1, 0.15) is 24.1 Å². The fourth-order valence-electron chi connectivity index (χ4n) is 2.87. The number of ether oxygens (including phenoxy) is 1. The van der Waals surface area contributed by atoms with Gasteiger partial charge in [0.25, 0.3) is 0 Å². The Morgan fingerprint density at radius 3 is 2.91 bits per heavy atom. The highest BCUT2D eigenvalue weighted by atomic mass is 16.5. The normalized spacial score (nSPS) is 21.7. The summed E-state index contributed by atoms with van der Waals surface area (Å²) in [7, 11) is 0. The lowest BCUT2D eigenvalue weighted by Gasteiger charge is -2.37. The van der Waals surface area contributed by atoms with Gasteiger partial charge in [0.2, 0.25) is 0 Å². The Bertz CT molecular complexity index is 665. The van der Waals surface area contributed by atoms with Crippen molar-refractivity contribution in [3.8, 4) is 11.8 Å². The van der Waals surface area contributed by atoms with E-state index < -0.39 is 5.60 Å². The van der Waals surface area contributed by atoms with Crippen LogP contribution < -0.4 is 4.74 Å². The van der Waals surface area contributed by atoms with Gasteiger partial charge in [-0.3, -0.25) is 4.90 Å². The monoisotopic (exact) mass is 313 g/mol. The van der Waals surface area contributed by atoms with E-state index in [1.54, 1.807) is 30.5 Å². The molecule has 0 spiro atoms. The molecule has 7 nitrogen and oxygen atoms in total. The maximum atomic E-state index is 10.7. The minimum absolute atomic E-state index is 0.524. The lowest BCUT2D eigenvalue weighted by molar-refractivity contribution is -0.0412. The van der Waals surface area contributed by atoms with Crippen LogP contribution in [0, 0.1) is 11.3 Å². The van der Waals surface area contributed by atoms with E-state index in [2.05, 4.69) is 26.4 Å². The standard InChI is InChI=1S/C16H19N5O2/c17-10-13-2-4-14(5-3-13)23-9-8-21-7-1-6-16(22,12-21)15-11-18-20-19-15/h2-5,11,22H,1,6-9,12H2,(H,18,19,20). The van der Waals surface area contributed by atoms with Crippen molar-refractivity contribution in [2.75, 3.05) is 26.2 Å². The lowest BCUT2D eigenvalue weighted by atomic mass is 9.90. The molecule has 120 valence electrons. The van der Waals surface area contributed by atoms with Crippen LogP contribution in [0.3, 0.4) is 0 Å². The van der Waals surface area contributed by atoms with Crippen molar-refractivity contribution in [1.29, 1.82) is 5.26 Å². The first-order valence-electron chi connectivity index (χ1n) is 7.63. The quantitative estimate of drug-likeness (QED) is 0.856. The summed E-state index contributed by atoms with van der Waals surface area (Å²) in [4.78, 5) is 2.17. The number of benzene rings is 1. The highest BCUT2D eigenvalue weighted by Crippen LogP contribution is 2.29. The average Bonchev–Trinajstić information content (AvgIpc) is 3.11. The topological polar surface area (TPSA) is 98.1 Å². The third kappa shape index (κ3) is 3.67. The molecule has 1 aliphatic heterocycles. The largest absolute Gasteiger partial charge is 0.492 e. The zero-order chi connectivity index (χ0) is 16.1. The molecule has 7 heteroatoms. The molecule has 1 unspecified atom stereocenters. The number of aromatic amines is 1. The van der Waals surface area contributed by atoms with Gasteiger partial charge in [0.15, 0.2) is 0 Å². The fourth-order valence-corrected chi connectivity index (χ4v) is 2.87. The highest BCUT2D eigenvalue weighted by Gasteiger charge is 2.36. The van der Waals surface area contributed by atoms with Gasteiger partial charge in [-0.25, -0.2) is 0 Å². The van der Waals surface area contributed by atoms with Crippen molar-refractivity contribution in [2.45, 2.75) is 18.4 Å². The Morgan fingerprint density at radius 1 is 1.39 bits per heavy atom. The number of rotatable bonds is 5. The van der Waals surface area contributed by atoms with Gasteiger partial charge in [-0.2, -0.15) is 20.7 Å². The van der Waals surface area contributed by atoms with Crippen LogP contribution in [0.25, 0.3) is 0 Å². The minimum Gasteiger partial charge on any atom is -0.492 e. The first-order chi connectivity index (χ1) is 11.2. The Hall–Kier alpha value is -2.43. The summed E-state index contributed by atoms with van der Waals surface area (Å²) in [6.07, 6.45) is 3.17. The fraction of sp³-hybridized carbons (Fsp3) is 0.438. The van der Waals surface area contributed by atoms with Crippen molar-refractivity contribution in [1.82, 2.24) is 20.3 Å². The van der Waals surface area contributed by atoms with E-state index in [0.29, 0.717) is 30.8 Å². The third-order valence-electron chi connectivity index (χ3n) is 4.10. The molecule has 1 fully saturated rings. The van der Waals surface area contributed by atoms with Crippen LogP contribution in [0.2, 0.25) is 0 Å². The molecule has 0 bridgehead atoms. The summed E-state index contributed by atoms with van der Waals surface area (Å²) in [5, 5.41) is 29.9. The molecule has 0 radical (unpaired) electrons. The molecule has 0 aliphatic carbocycles. The number of hydrogen-bond donors (Lipinski definition) is 2. The molecule has 2 N–H and O–H groups in total. The Morgan fingerprint density at radius 2 is 2.22 bits per heavy atom. The Labute approximate surface area is 134 Å². The molecule has 0 amide bonds. The molecule has 3 rings (SSSR count). The van der Waals surface area contributed by atoms with Crippen LogP contribution >= 0.6 is 0 Å². The minimum atomic E-state index is -0.945. The first-order valence-corrected chi connectivity index (χ1v) is 7.63. The van der Waals surface area contributed by atoms with E-state index in [-0.39, 0.29) is 0 Å². The van der Waals surface area contributed by atoms with Crippen LogP contribution in [-0.4, -0.2) is 51.7 Å². The van der Waals surface area contributed by atoms with Crippen LogP contribution in [-0.2, 0) is 5.60 Å². The van der Waals surface area contributed by atoms with Crippen molar-refractivity contribution in [2.24, 2.45) is 0 Å². The third-order valence-corrected chi connectivity index (χ3v) is 4.10. The van der Waals surface area contributed by atoms with Crippen molar-refractivity contribution < 1.29 is 9.84 Å². The van der Waals surface area contributed by atoms with Crippen molar-refractivity contribution >= 4 is 0 Å². The molecule has 1 atom stereocenters. The van der Waals surface area contributed by atoms with E-state index >= 15 is 0 Å². The first kappa shape index (κ1) is 15.5. The van der Waals surface area contributed by atoms with E-state index in [1.807, 2.05) is 0 Å². The number of aromatic nitrogens is 3. The van der Waals surface area contributed by atoms with E-state index in [4.69, 9.17) is 10.00 Å². The number of piperidine rings is 1. The molecule has 1 saturated heterocycles. The van der Waals surface area contributed by atoms with Crippen molar-refractivity contribution in [3.63, 3.8) is 0 Å². The van der Waals surface area contributed by atoms with Crippen LogP contribution in [0.5, 0.6) is 5.75 Å². The van der Waals surface area contributed by atoms with Crippen LogP contribution in [0.15, 0.2) is 30.5 Å². The van der Waals surface area contributed by atoms with Crippen molar-refractivity contribution in [3.05, 3.63) is 41.7 Å². The Kier molecular flexibility index (Phi) is 4.55. The summed E-state index contributed by atoms with van der Waals surface area (Å²) in [5.74, 6) is 0.743. The highest BCUT2D eigenvalue weighted by molar-refractivity contribution is 5.34. The molecule has 1 aliphatic rings. The number of aliphatic hydroxyl groups is 1. The average molecular weight is 313 g/mol. The molecular weight excluding hydrogens is 294 g/mol. The van der Waals surface area contributed by atoms with Gasteiger partial charge in [0.1, 0.15) is 23.7 Å². The van der Waals surface area contributed by atoms with E-state index in [9.17, 15) is 5.11 Å². The predicted octanol–water partition coefficient (Wildman–Crippen LogP) is 1.04. The summed E-state index contributed by atoms with van der Waals surface area (Å²) in [6.45, 7) is 2.70. The second-order valence-electron chi connectivity index (χ2n) is 5.75. The summed E-state index contributed by atoms with van der Waals surface area (Å²) in [5.41, 5.74) is 0.265. The molecular formula is C16H19N5O2. The SMILES string of the molecule is N#Cc1ccc(OCCN2CCCC(O)(c3cn[nH]n3)C2)cc1. The molecule has 2 heterocycles. The molecule has 23 heavy (non-hydrogen) atoms. The Balaban J connectivity index is 1.51. The smallest absolute Gasteiger partial charge is 0.123 e. The van der Waals surface area contributed by atoms with Gasteiger partial charge in [-0.1, -0.05) is 0 Å². The van der Waals surface area contributed by atoms with Gasteiger partial charge in [-0.05, 0) is 43.7 Å². The van der Waals surface area contributed by atoms with E-state index in [0.717, 1.165) is 25.3 Å². The zero-order valence-electron chi connectivity index (χ0n) is 12.8. The van der Waals surface area contributed by atoms with Gasteiger partial charge >= 0.3 is 0 Å². The number of nitrogens with zero attached hydrogens (tertiary/aromatic N) is 4. The van der Waals surface area contributed by atoms with Gasteiger partial charge in [0, 0.05) is 13.1 Å². The maximum absolute atomic E-state index is 10.7. The number of likely N-dealkylation sites (tertiary alicyclic amines) is 1. The molecule has 2 aromatic rings. The van der Waals surface area contributed by atoms with Gasteiger partial charge in [-0.15, -0.1) is 0 Å². The number of nitriles is 1. The molecule has 0 saturated carbocycles. The summed E-state index contributed by atoms with van der Waals surface area (Å²) < 4.78 is 5.70. The number of hydrogen-bond acceptors (Lipinski definition) is 6. The second kappa shape index (κ2) is 6.77. The lowest BCUT2D eigenvalue weighted by Crippen LogP contribution is -2.47. The van der Waals surface area contributed by atoms with Gasteiger partial charge in [0.05, 0.1) is 17.8 Å². The summed E-state index contributed by atoms with van der Waals surface area (Å²) in [6, 6.07) is 9.13. The van der Waals surface area contributed by atoms with Gasteiger partial charge < -0.3 is 9.84 Å². The van der Waals surface area contributed by atoms with Crippen LogP contribution in [0.4, 0.5) is 0 Å². The maximum Gasteiger partial charge on any atom is 0.123 e. The molecule has 1 aromatic carbocycles. The van der Waals surface area contributed by atoms with E-state index in [1.165, 1.54) is 0 Å².